The minimum Gasteiger partial charge on any atom is -0.329 e. The van der Waals surface area contributed by atoms with E-state index in [1.165, 1.54) is 12.4 Å². The normalized spacial score (nSPS) is 11.2. The third-order valence-corrected chi connectivity index (χ3v) is 2.75. The van der Waals surface area contributed by atoms with Crippen LogP contribution in [0.15, 0.2) is 23.3 Å². The van der Waals surface area contributed by atoms with Gasteiger partial charge in [-0.1, -0.05) is 0 Å². The second-order valence-electron chi connectivity index (χ2n) is 3.86. The largest absolute Gasteiger partial charge is 0.370 e. The van der Waals surface area contributed by atoms with Crippen LogP contribution in [0.25, 0.3) is 16.6 Å². The summed E-state index contributed by atoms with van der Waals surface area (Å²) < 4.78 is 1.12. The van der Waals surface area contributed by atoms with E-state index in [-0.39, 0.29) is 11.2 Å². The van der Waals surface area contributed by atoms with Crippen molar-refractivity contribution in [1.29, 1.82) is 0 Å². The Bertz CT molecular complexity index is 848. The molecular weight excluding hydrogens is 238 g/mol. The van der Waals surface area contributed by atoms with Crippen LogP contribution in [0.2, 0.25) is 0 Å². The topological polar surface area (TPSA) is 106 Å². The number of nitrogens with one attached hydrogen (secondary N) is 1. The van der Waals surface area contributed by atoms with E-state index in [2.05, 4.69) is 15.1 Å². The number of nitrogens with zero attached hydrogens (tertiary/aromatic N) is 4. The molecular formula is C10H7N5O3. The molecule has 8 nitrogen and oxygen atoms in total. The van der Waals surface area contributed by atoms with E-state index in [0.29, 0.717) is 16.6 Å². The van der Waals surface area contributed by atoms with Crippen LogP contribution >= 0.6 is 0 Å². The SMILES string of the molecule is Cc1cc2c(cc1[N+](=O)[O-])nc(=O)n1nc[nH]c21. The number of fused-ring (bicyclic) bond motifs is 3. The lowest BCUT2D eigenvalue weighted by atomic mass is 10.1. The van der Waals surface area contributed by atoms with Gasteiger partial charge in [-0.3, -0.25) is 10.1 Å². The van der Waals surface area contributed by atoms with Crippen LogP contribution in [-0.4, -0.2) is 24.5 Å². The number of aromatic amines is 1. The average molecular weight is 245 g/mol. The Balaban J connectivity index is 2.54. The lowest BCUT2D eigenvalue weighted by Crippen LogP contribution is -2.17. The fraction of sp³-hybridized carbons (Fsp3) is 0.100. The highest BCUT2D eigenvalue weighted by atomic mass is 16.6. The molecule has 3 rings (SSSR count). The van der Waals surface area contributed by atoms with E-state index < -0.39 is 10.6 Å². The van der Waals surface area contributed by atoms with E-state index in [0.717, 1.165) is 4.52 Å². The van der Waals surface area contributed by atoms with Gasteiger partial charge in [-0.15, -0.1) is 0 Å². The summed E-state index contributed by atoms with van der Waals surface area (Å²) in [4.78, 5) is 28.6. The summed E-state index contributed by atoms with van der Waals surface area (Å²) in [6, 6.07) is 2.92. The molecule has 18 heavy (non-hydrogen) atoms. The molecule has 3 aromatic rings. The van der Waals surface area contributed by atoms with Crippen LogP contribution in [-0.2, 0) is 0 Å². The van der Waals surface area contributed by atoms with Crippen molar-refractivity contribution < 1.29 is 4.92 Å². The third-order valence-electron chi connectivity index (χ3n) is 2.75. The van der Waals surface area contributed by atoms with Gasteiger partial charge in [0, 0.05) is 17.0 Å². The number of nitro groups is 1. The number of rotatable bonds is 1. The maximum atomic E-state index is 11.6. The molecule has 1 N–H and O–H groups in total. The molecule has 0 bridgehead atoms. The predicted octanol–water partition coefficient (Wildman–Crippen LogP) is 0.787. The maximum absolute atomic E-state index is 11.6. The van der Waals surface area contributed by atoms with Crippen molar-refractivity contribution in [3.05, 3.63) is 44.6 Å². The van der Waals surface area contributed by atoms with E-state index in [9.17, 15) is 14.9 Å². The van der Waals surface area contributed by atoms with Gasteiger partial charge in [0.1, 0.15) is 12.0 Å². The first-order valence-corrected chi connectivity index (χ1v) is 5.09. The van der Waals surface area contributed by atoms with Crippen LogP contribution in [0.4, 0.5) is 5.69 Å². The minimum absolute atomic E-state index is 0.0572. The molecule has 0 saturated carbocycles. The standard InChI is InChI=1S/C10H7N5O3/c1-5-2-6-7(3-8(5)15(17)18)13-10(16)14-9(6)11-4-12-14/h2-4H,1H3,(H,11,12). The lowest BCUT2D eigenvalue weighted by molar-refractivity contribution is -0.385. The van der Waals surface area contributed by atoms with Gasteiger partial charge in [-0.2, -0.15) is 14.6 Å². The van der Waals surface area contributed by atoms with Gasteiger partial charge in [0.2, 0.25) is 0 Å². The molecule has 0 saturated heterocycles. The highest BCUT2D eigenvalue weighted by Crippen LogP contribution is 2.24. The molecule has 0 unspecified atom stereocenters. The van der Waals surface area contributed by atoms with E-state index in [1.54, 1.807) is 13.0 Å². The van der Waals surface area contributed by atoms with Crippen LogP contribution in [0.3, 0.4) is 0 Å². The van der Waals surface area contributed by atoms with Crippen LogP contribution in [0, 0.1) is 17.0 Å². The third kappa shape index (κ3) is 1.29. The highest BCUT2D eigenvalue weighted by molar-refractivity contribution is 5.92. The number of nitro benzene ring substituents is 1. The summed E-state index contributed by atoms with van der Waals surface area (Å²) in [6.45, 7) is 1.63. The molecule has 0 atom stereocenters. The smallest absolute Gasteiger partial charge is 0.329 e. The van der Waals surface area contributed by atoms with Crippen molar-refractivity contribution in [2.45, 2.75) is 6.92 Å². The van der Waals surface area contributed by atoms with Crippen LogP contribution in [0.5, 0.6) is 0 Å². The summed E-state index contributed by atoms with van der Waals surface area (Å²) in [6.07, 6.45) is 1.37. The molecule has 0 aliphatic carbocycles. The van der Waals surface area contributed by atoms with E-state index in [1.807, 2.05) is 0 Å². The molecule has 0 fully saturated rings. The Labute approximate surface area is 99.0 Å². The van der Waals surface area contributed by atoms with Crippen molar-refractivity contribution in [3.8, 4) is 0 Å². The molecule has 8 heteroatoms. The summed E-state index contributed by atoms with van der Waals surface area (Å²) in [5.41, 5.74) is 0.629. The molecule has 0 aliphatic heterocycles. The quantitative estimate of drug-likeness (QED) is 0.503. The fourth-order valence-electron chi connectivity index (χ4n) is 1.92. The molecule has 0 radical (unpaired) electrons. The Morgan fingerprint density at radius 3 is 2.94 bits per heavy atom. The summed E-state index contributed by atoms with van der Waals surface area (Å²) in [7, 11) is 0. The molecule has 1 aromatic carbocycles. The average Bonchev–Trinajstić information content (AvgIpc) is 2.79. The van der Waals surface area contributed by atoms with Gasteiger partial charge in [-0.05, 0) is 13.0 Å². The summed E-state index contributed by atoms with van der Waals surface area (Å²) in [5.74, 6) is 0. The number of aryl methyl sites for hydroxylation is 1. The highest BCUT2D eigenvalue weighted by Gasteiger charge is 2.15. The van der Waals surface area contributed by atoms with E-state index in [4.69, 9.17) is 0 Å². The number of H-pyrrole nitrogens is 1. The van der Waals surface area contributed by atoms with Crippen molar-refractivity contribution in [2.24, 2.45) is 0 Å². The summed E-state index contributed by atoms with van der Waals surface area (Å²) in [5, 5.41) is 15.3. The molecule has 0 spiro atoms. The van der Waals surface area contributed by atoms with Crippen molar-refractivity contribution >= 4 is 22.2 Å². The van der Waals surface area contributed by atoms with Gasteiger partial charge in [0.05, 0.1) is 10.4 Å². The molecule has 0 amide bonds. The molecule has 90 valence electrons. The zero-order valence-corrected chi connectivity index (χ0v) is 9.25. The number of benzene rings is 1. The first-order valence-electron chi connectivity index (χ1n) is 5.09. The van der Waals surface area contributed by atoms with Gasteiger partial charge < -0.3 is 4.98 Å². The van der Waals surface area contributed by atoms with Gasteiger partial charge in [0.15, 0.2) is 0 Å². The molecule has 0 aliphatic rings. The fourth-order valence-corrected chi connectivity index (χ4v) is 1.92. The second kappa shape index (κ2) is 3.36. The summed E-state index contributed by atoms with van der Waals surface area (Å²) >= 11 is 0. The maximum Gasteiger partial charge on any atom is 0.370 e. The first-order chi connectivity index (χ1) is 8.58. The minimum atomic E-state index is -0.572. The Morgan fingerprint density at radius 1 is 1.44 bits per heavy atom. The van der Waals surface area contributed by atoms with E-state index >= 15 is 0 Å². The van der Waals surface area contributed by atoms with Crippen LogP contribution < -0.4 is 5.69 Å². The first kappa shape index (κ1) is 10.4. The predicted molar refractivity (Wildman–Crippen MR) is 62.5 cm³/mol. The van der Waals surface area contributed by atoms with Crippen LogP contribution in [0.1, 0.15) is 5.56 Å². The Hall–Kier alpha value is -2.77. The number of hydrogen-bond acceptors (Lipinski definition) is 5. The monoisotopic (exact) mass is 245 g/mol. The van der Waals surface area contributed by atoms with Crippen molar-refractivity contribution in [1.82, 2.24) is 19.6 Å². The Morgan fingerprint density at radius 2 is 2.22 bits per heavy atom. The Kier molecular flexibility index (Phi) is 1.94. The molecule has 2 aromatic heterocycles. The lowest BCUT2D eigenvalue weighted by Gasteiger charge is -2.01. The van der Waals surface area contributed by atoms with Crippen molar-refractivity contribution in [2.75, 3.05) is 0 Å². The van der Waals surface area contributed by atoms with Gasteiger partial charge in [0.25, 0.3) is 5.69 Å². The zero-order chi connectivity index (χ0) is 12.9. The van der Waals surface area contributed by atoms with Crippen molar-refractivity contribution in [3.63, 3.8) is 0 Å². The zero-order valence-electron chi connectivity index (χ0n) is 9.25. The van der Waals surface area contributed by atoms with Gasteiger partial charge in [-0.25, -0.2) is 4.79 Å². The molecule has 2 heterocycles. The number of aromatic nitrogens is 4. The van der Waals surface area contributed by atoms with Gasteiger partial charge >= 0.3 is 5.69 Å². The number of hydrogen-bond donors (Lipinski definition) is 1. The second-order valence-corrected chi connectivity index (χ2v) is 3.86.